The Balaban J connectivity index is 2.13. The molecule has 1 N–H and O–H groups in total. The zero-order valence-electron chi connectivity index (χ0n) is 12.1. The fraction of sp³-hybridized carbons (Fsp3) is 0.400. The number of nitrogens with zero attached hydrogens (tertiary/aromatic N) is 2. The van der Waals surface area contributed by atoms with Crippen LogP contribution in [0.2, 0.25) is 0 Å². The second-order valence-corrected chi connectivity index (χ2v) is 5.58. The summed E-state index contributed by atoms with van der Waals surface area (Å²) in [5, 5.41) is 3.37. The molecule has 1 atom stereocenters. The summed E-state index contributed by atoms with van der Waals surface area (Å²) in [4.78, 5) is 4.37. The van der Waals surface area contributed by atoms with Crippen LogP contribution in [0.25, 0.3) is 0 Å². The average molecular weight is 338 g/mol. The molecule has 0 aliphatic heterocycles. The van der Waals surface area contributed by atoms with Gasteiger partial charge in [0.15, 0.2) is 0 Å². The lowest BCUT2D eigenvalue weighted by Gasteiger charge is -2.19. The van der Waals surface area contributed by atoms with Crippen molar-refractivity contribution >= 4 is 15.9 Å². The van der Waals surface area contributed by atoms with E-state index in [9.17, 15) is 0 Å². The largest absolute Gasteiger partial charge is 0.497 e. The van der Waals surface area contributed by atoms with Crippen molar-refractivity contribution in [2.45, 2.75) is 18.9 Å². The van der Waals surface area contributed by atoms with Crippen LogP contribution >= 0.6 is 15.9 Å². The van der Waals surface area contributed by atoms with E-state index in [1.54, 1.807) is 7.11 Å². The molecule has 0 radical (unpaired) electrons. The zero-order valence-corrected chi connectivity index (χ0v) is 13.6. The van der Waals surface area contributed by atoms with E-state index in [4.69, 9.17) is 4.74 Å². The zero-order chi connectivity index (χ0) is 14.5. The number of hydrogen-bond donors (Lipinski definition) is 1. The lowest BCUT2D eigenvalue weighted by atomic mass is 10.0. The maximum atomic E-state index is 5.31. The van der Waals surface area contributed by atoms with Gasteiger partial charge in [0.2, 0.25) is 0 Å². The molecule has 1 aromatic carbocycles. The molecule has 0 spiro atoms. The Bertz CT molecular complexity index is 568. The predicted molar refractivity (Wildman–Crippen MR) is 84.0 cm³/mol. The maximum Gasteiger partial charge on any atom is 0.119 e. The number of ether oxygens (including phenoxy) is 1. The third kappa shape index (κ3) is 3.41. The van der Waals surface area contributed by atoms with Gasteiger partial charge in [-0.25, -0.2) is 4.98 Å². The summed E-state index contributed by atoms with van der Waals surface area (Å²) in [7, 11) is 5.70. The number of nitrogens with one attached hydrogen (secondary N) is 1. The van der Waals surface area contributed by atoms with Gasteiger partial charge in [0.25, 0.3) is 0 Å². The molecule has 0 amide bonds. The van der Waals surface area contributed by atoms with Crippen molar-refractivity contribution in [1.29, 1.82) is 0 Å². The first-order valence-electron chi connectivity index (χ1n) is 6.62. The molecule has 20 heavy (non-hydrogen) atoms. The van der Waals surface area contributed by atoms with E-state index < -0.39 is 0 Å². The fourth-order valence-electron chi connectivity index (χ4n) is 2.28. The summed E-state index contributed by atoms with van der Waals surface area (Å²) in [6.45, 7) is 0. The van der Waals surface area contributed by atoms with E-state index in [1.165, 1.54) is 5.56 Å². The van der Waals surface area contributed by atoms with Crippen LogP contribution in [0.5, 0.6) is 5.75 Å². The van der Waals surface area contributed by atoms with Crippen LogP contribution in [0, 0.1) is 0 Å². The number of aromatic nitrogens is 2. The molecule has 5 heteroatoms. The summed E-state index contributed by atoms with van der Waals surface area (Å²) in [6.07, 6.45) is 5.72. The van der Waals surface area contributed by atoms with Crippen LogP contribution in [0.4, 0.5) is 0 Å². The van der Waals surface area contributed by atoms with Gasteiger partial charge < -0.3 is 14.6 Å². The molecule has 0 saturated heterocycles. The minimum atomic E-state index is 0.260. The third-order valence-corrected chi connectivity index (χ3v) is 4.23. The van der Waals surface area contributed by atoms with Gasteiger partial charge in [-0.05, 0) is 37.2 Å². The van der Waals surface area contributed by atoms with E-state index in [-0.39, 0.29) is 6.04 Å². The van der Waals surface area contributed by atoms with Gasteiger partial charge >= 0.3 is 0 Å². The molecule has 1 unspecified atom stereocenters. The van der Waals surface area contributed by atoms with Crippen molar-refractivity contribution in [2.75, 3.05) is 14.2 Å². The minimum absolute atomic E-state index is 0.260. The topological polar surface area (TPSA) is 39.1 Å². The van der Waals surface area contributed by atoms with Crippen molar-refractivity contribution in [3.8, 4) is 5.75 Å². The second kappa shape index (κ2) is 6.90. The minimum Gasteiger partial charge on any atom is -0.497 e. The molecule has 0 saturated carbocycles. The molecule has 2 rings (SSSR count). The quantitative estimate of drug-likeness (QED) is 0.880. The lowest BCUT2D eigenvalue weighted by Crippen LogP contribution is -2.18. The predicted octanol–water partition coefficient (Wildman–Crippen LogP) is 3.08. The average Bonchev–Trinajstić information content (AvgIpc) is 2.87. The first kappa shape index (κ1) is 15.1. The van der Waals surface area contributed by atoms with Gasteiger partial charge in [0, 0.05) is 36.4 Å². The molecule has 1 aromatic heterocycles. The molecule has 0 fully saturated rings. The van der Waals surface area contributed by atoms with Crippen molar-refractivity contribution in [3.05, 3.63) is 46.5 Å². The Labute approximate surface area is 128 Å². The van der Waals surface area contributed by atoms with Crippen LogP contribution in [0.15, 0.2) is 35.1 Å². The van der Waals surface area contributed by atoms with Gasteiger partial charge in [-0.15, -0.1) is 0 Å². The van der Waals surface area contributed by atoms with E-state index >= 15 is 0 Å². The summed E-state index contributed by atoms with van der Waals surface area (Å²) >= 11 is 3.62. The number of hydrogen-bond acceptors (Lipinski definition) is 3. The number of imidazole rings is 1. The van der Waals surface area contributed by atoms with Crippen molar-refractivity contribution < 1.29 is 4.74 Å². The van der Waals surface area contributed by atoms with E-state index in [0.717, 1.165) is 28.9 Å². The Kier molecular flexibility index (Phi) is 5.20. The summed E-state index contributed by atoms with van der Waals surface area (Å²) in [5.41, 5.74) is 1.21. The Morgan fingerprint density at radius 3 is 2.85 bits per heavy atom. The Morgan fingerprint density at radius 1 is 1.45 bits per heavy atom. The summed E-state index contributed by atoms with van der Waals surface area (Å²) in [5.74, 6) is 1.98. The highest BCUT2D eigenvalue weighted by Gasteiger charge is 2.14. The monoisotopic (exact) mass is 337 g/mol. The third-order valence-electron chi connectivity index (χ3n) is 3.50. The maximum absolute atomic E-state index is 5.31. The fourth-order valence-corrected chi connectivity index (χ4v) is 2.80. The smallest absolute Gasteiger partial charge is 0.119 e. The normalized spacial score (nSPS) is 12.4. The molecule has 2 aromatic rings. The highest BCUT2D eigenvalue weighted by atomic mass is 79.9. The standard InChI is InChI=1S/C15H20BrN3O/c1-17-14(6-7-15-18-8-9-19(15)2)12-10-11(20-3)4-5-13(12)16/h4-5,8-10,14,17H,6-7H2,1-3H3. The first-order chi connectivity index (χ1) is 9.65. The van der Waals surface area contributed by atoms with Gasteiger partial charge in [-0.2, -0.15) is 0 Å². The lowest BCUT2D eigenvalue weighted by molar-refractivity contribution is 0.412. The van der Waals surface area contributed by atoms with Crippen molar-refractivity contribution in [1.82, 2.24) is 14.9 Å². The van der Waals surface area contributed by atoms with Crippen LogP contribution < -0.4 is 10.1 Å². The Hall–Kier alpha value is -1.33. The van der Waals surface area contributed by atoms with E-state index in [0.29, 0.717) is 0 Å². The van der Waals surface area contributed by atoms with Gasteiger partial charge in [-0.3, -0.25) is 0 Å². The number of benzene rings is 1. The van der Waals surface area contributed by atoms with Crippen molar-refractivity contribution in [2.24, 2.45) is 7.05 Å². The van der Waals surface area contributed by atoms with Gasteiger partial charge in [0.1, 0.15) is 11.6 Å². The number of aryl methyl sites for hydroxylation is 2. The number of rotatable bonds is 6. The Morgan fingerprint density at radius 2 is 2.25 bits per heavy atom. The second-order valence-electron chi connectivity index (χ2n) is 4.72. The van der Waals surface area contributed by atoms with E-state index in [2.05, 4.69) is 36.9 Å². The number of methoxy groups -OCH3 is 1. The molecule has 0 aliphatic rings. The molecule has 108 valence electrons. The van der Waals surface area contributed by atoms with Gasteiger partial charge in [0.05, 0.1) is 7.11 Å². The summed E-state index contributed by atoms with van der Waals surface area (Å²) in [6, 6.07) is 6.32. The van der Waals surface area contributed by atoms with Gasteiger partial charge in [-0.1, -0.05) is 15.9 Å². The highest BCUT2D eigenvalue weighted by Crippen LogP contribution is 2.30. The molecular formula is C15H20BrN3O. The SMILES string of the molecule is CNC(CCc1nccn1C)c1cc(OC)ccc1Br. The van der Waals surface area contributed by atoms with E-state index in [1.807, 2.05) is 38.6 Å². The molecule has 0 aliphatic carbocycles. The van der Waals surface area contributed by atoms with Crippen LogP contribution in [0.3, 0.4) is 0 Å². The summed E-state index contributed by atoms with van der Waals surface area (Å²) < 4.78 is 8.47. The van der Waals surface area contributed by atoms with Crippen molar-refractivity contribution in [3.63, 3.8) is 0 Å². The molecule has 4 nitrogen and oxygen atoms in total. The van der Waals surface area contributed by atoms with Crippen LogP contribution in [-0.4, -0.2) is 23.7 Å². The molecule has 0 bridgehead atoms. The van der Waals surface area contributed by atoms with Crippen LogP contribution in [0.1, 0.15) is 23.9 Å². The highest BCUT2D eigenvalue weighted by molar-refractivity contribution is 9.10. The molecule has 1 heterocycles. The number of halogens is 1. The first-order valence-corrected chi connectivity index (χ1v) is 7.42. The molecular weight excluding hydrogens is 318 g/mol. The van der Waals surface area contributed by atoms with Crippen LogP contribution in [-0.2, 0) is 13.5 Å².